The lowest BCUT2D eigenvalue weighted by atomic mass is 10.1. The van der Waals surface area contributed by atoms with E-state index in [9.17, 15) is 5.11 Å². The second-order valence-electron chi connectivity index (χ2n) is 4.64. The van der Waals surface area contributed by atoms with Crippen molar-refractivity contribution in [2.24, 2.45) is 0 Å². The van der Waals surface area contributed by atoms with Crippen LogP contribution in [-0.4, -0.2) is 16.7 Å². The van der Waals surface area contributed by atoms with Crippen LogP contribution in [0.5, 0.6) is 11.5 Å². The molecule has 0 amide bonds. The molecule has 1 aromatic heterocycles. The Morgan fingerprint density at radius 2 is 2.10 bits per heavy atom. The normalized spacial score (nSPS) is 10.5. The van der Waals surface area contributed by atoms with E-state index in [0.29, 0.717) is 12.4 Å². The zero-order chi connectivity index (χ0) is 14.4. The summed E-state index contributed by atoms with van der Waals surface area (Å²) in [7, 11) is 0. The van der Waals surface area contributed by atoms with Gasteiger partial charge < -0.3 is 15.2 Å². The van der Waals surface area contributed by atoms with Crippen LogP contribution in [-0.2, 0) is 13.1 Å². The van der Waals surface area contributed by atoms with Gasteiger partial charge in [-0.1, -0.05) is 6.07 Å². The van der Waals surface area contributed by atoms with Crippen molar-refractivity contribution >= 4 is 0 Å². The van der Waals surface area contributed by atoms with Gasteiger partial charge in [0.25, 0.3) is 0 Å². The number of pyridine rings is 1. The second-order valence-corrected chi connectivity index (χ2v) is 4.64. The molecule has 0 unspecified atom stereocenters. The molecule has 2 N–H and O–H groups in total. The molecule has 1 heterocycles. The molecule has 0 bridgehead atoms. The fourth-order valence-electron chi connectivity index (χ4n) is 1.98. The van der Waals surface area contributed by atoms with Gasteiger partial charge >= 0.3 is 0 Å². The van der Waals surface area contributed by atoms with Crippen molar-refractivity contribution in [3.05, 3.63) is 53.3 Å². The molecular weight excluding hydrogens is 252 g/mol. The summed E-state index contributed by atoms with van der Waals surface area (Å²) in [6.45, 7) is 6.01. The molecule has 2 aromatic rings. The molecule has 0 radical (unpaired) electrons. The van der Waals surface area contributed by atoms with Crippen LogP contribution in [0.4, 0.5) is 0 Å². The van der Waals surface area contributed by atoms with E-state index in [2.05, 4.69) is 17.2 Å². The van der Waals surface area contributed by atoms with Crippen molar-refractivity contribution < 1.29 is 9.84 Å². The van der Waals surface area contributed by atoms with Crippen molar-refractivity contribution in [1.29, 1.82) is 0 Å². The molecule has 106 valence electrons. The van der Waals surface area contributed by atoms with Crippen LogP contribution in [0.1, 0.15) is 23.6 Å². The zero-order valence-corrected chi connectivity index (χ0v) is 11.9. The number of benzene rings is 1. The summed E-state index contributed by atoms with van der Waals surface area (Å²) < 4.78 is 5.37. The summed E-state index contributed by atoms with van der Waals surface area (Å²) in [4.78, 5) is 4.08. The first-order valence-corrected chi connectivity index (χ1v) is 6.75. The van der Waals surface area contributed by atoms with E-state index in [0.717, 1.165) is 18.7 Å². The van der Waals surface area contributed by atoms with Crippen LogP contribution in [0.25, 0.3) is 0 Å². The third-order valence-corrected chi connectivity index (χ3v) is 3.11. The minimum atomic E-state index is 0.181. The largest absolute Gasteiger partial charge is 0.504 e. The maximum atomic E-state index is 9.65. The number of aryl methyl sites for hydroxylation is 1. The summed E-state index contributed by atoms with van der Waals surface area (Å²) in [6, 6.07) is 7.44. The van der Waals surface area contributed by atoms with E-state index in [4.69, 9.17) is 4.74 Å². The zero-order valence-electron chi connectivity index (χ0n) is 11.9. The number of phenolic OH excluding ortho intramolecular Hbond substituents is 1. The Hall–Kier alpha value is -2.07. The number of nitrogens with one attached hydrogen (secondary N) is 1. The highest BCUT2D eigenvalue weighted by molar-refractivity contribution is 5.41. The quantitative estimate of drug-likeness (QED) is 0.849. The standard InChI is InChI=1S/C16H20N2O2/c1-3-20-16-8-13(4-5-15(16)19)10-18-11-14-6-7-17-9-12(14)2/h4-9,18-19H,3,10-11H2,1-2H3. The molecule has 0 saturated carbocycles. The van der Waals surface area contributed by atoms with Crippen molar-refractivity contribution in [3.63, 3.8) is 0 Å². The number of hydrogen-bond acceptors (Lipinski definition) is 4. The number of rotatable bonds is 6. The minimum Gasteiger partial charge on any atom is -0.504 e. The smallest absolute Gasteiger partial charge is 0.161 e. The van der Waals surface area contributed by atoms with Crippen molar-refractivity contribution in [3.8, 4) is 11.5 Å². The van der Waals surface area contributed by atoms with E-state index >= 15 is 0 Å². The number of hydrogen-bond donors (Lipinski definition) is 2. The van der Waals surface area contributed by atoms with Gasteiger partial charge in [0.2, 0.25) is 0 Å². The molecule has 0 aliphatic rings. The van der Waals surface area contributed by atoms with Crippen molar-refractivity contribution in [2.45, 2.75) is 26.9 Å². The summed E-state index contributed by atoms with van der Waals surface area (Å²) in [5, 5.41) is 13.0. The van der Waals surface area contributed by atoms with Gasteiger partial charge in [0.1, 0.15) is 0 Å². The van der Waals surface area contributed by atoms with Crippen molar-refractivity contribution in [2.75, 3.05) is 6.61 Å². The maximum absolute atomic E-state index is 9.65. The van der Waals surface area contributed by atoms with Crippen LogP contribution in [0.2, 0.25) is 0 Å². The molecule has 4 nitrogen and oxygen atoms in total. The maximum Gasteiger partial charge on any atom is 0.161 e. The number of aromatic nitrogens is 1. The van der Waals surface area contributed by atoms with Gasteiger partial charge in [-0.15, -0.1) is 0 Å². The Kier molecular flexibility index (Phi) is 4.96. The van der Waals surface area contributed by atoms with Crippen LogP contribution in [0, 0.1) is 6.92 Å². The lowest BCUT2D eigenvalue weighted by Gasteiger charge is -2.10. The molecule has 4 heteroatoms. The molecule has 0 spiro atoms. The number of ether oxygens (including phenoxy) is 1. The molecular formula is C16H20N2O2. The van der Waals surface area contributed by atoms with Gasteiger partial charge in [-0.05, 0) is 48.7 Å². The Morgan fingerprint density at radius 1 is 1.25 bits per heavy atom. The Bertz CT molecular complexity index is 570. The molecule has 2 rings (SSSR count). The fraction of sp³-hybridized carbons (Fsp3) is 0.312. The molecule has 0 aliphatic carbocycles. The summed E-state index contributed by atoms with van der Waals surface area (Å²) >= 11 is 0. The Morgan fingerprint density at radius 3 is 2.85 bits per heavy atom. The third kappa shape index (κ3) is 3.71. The van der Waals surface area contributed by atoms with E-state index < -0.39 is 0 Å². The Balaban J connectivity index is 1.94. The van der Waals surface area contributed by atoms with Crippen LogP contribution in [0.15, 0.2) is 36.7 Å². The highest BCUT2D eigenvalue weighted by Gasteiger charge is 2.04. The number of phenols is 1. The lowest BCUT2D eigenvalue weighted by molar-refractivity contribution is 0.317. The van der Waals surface area contributed by atoms with Gasteiger partial charge in [0.15, 0.2) is 11.5 Å². The van der Waals surface area contributed by atoms with Gasteiger partial charge in [-0.2, -0.15) is 0 Å². The second kappa shape index (κ2) is 6.91. The van der Waals surface area contributed by atoms with Crippen LogP contribution < -0.4 is 10.1 Å². The van der Waals surface area contributed by atoms with E-state index in [1.165, 1.54) is 11.1 Å². The average Bonchev–Trinajstić information content (AvgIpc) is 2.45. The highest BCUT2D eigenvalue weighted by atomic mass is 16.5. The molecule has 0 aliphatic heterocycles. The first-order valence-electron chi connectivity index (χ1n) is 6.75. The topological polar surface area (TPSA) is 54.4 Å². The molecule has 20 heavy (non-hydrogen) atoms. The number of nitrogens with zero attached hydrogens (tertiary/aromatic N) is 1. The third-order valence-electron chi connectivity index (χ3n) is 3.11. The number of aromatic hydroxyl groups is 1. The fourth-order valence-corrected chi connectivity index (χ4v) is 1.98. The van der Waals surface area contributed by atoms with Gasteiger partial charge in [-0.3, -0.25) is 4.98 Å². The minimum absolute atomic E-state index is 0.181. The molecule has 1 aromatic carbocycles. The monoisotopic (exact) mass is 272 g/mol. The highest BCUT2D eigenvalue weighted by Crippen LogP contribution is 2.26. The van der Waals surface area contributed by atoms with Crippen LogP contribution in [0.3, 0.4) is 0 Å². The Labute approximate surface area is 119 Å². The summed E-state index contributed by atoms with van der Waals surface area (Å²) in [6.07, 6.45) is 3.67. The van der Waals surface area contributed by atoms with E-state index in [-0.39, 0.29) is 5.75 Å². The SMILES string of the molecule is CCOc1cc(CNCc2ccncc2C)ccc1O. The summed E-state index contributed by atoms with van der Waals surface area (Å²) in [5.41, 5.74) is 3.50. The lowest BCUT2D eigenvalue weighted by Crippen LogP contribution is -2.13. The predicted molar refractivity (Wildman–Crippen MR) is 78.8 cm³/mol. The van der Waals surface area contributed by atoms with Gasteiger partial charge in [-0.25, -0.2) is 0 Å². The molecule has 0 fully saturated rings. The molecule has 0 saturated heterocycles. The van der Waals surface area contributed by atoms with Gasteiger partial charge in [0, 0.05) is 25.5 Å². The first-order chi connectivity index (χ1) is 9.70. The van der Waals surface area contributed by atoms with Gasteiger partial charge in [0.05, 0.1) is 6.61 Å². The van der Waals surface area contributed by atoms with Crippen molar-refractivity contribution in [1.82, 2.24) is 10.3 Å². The summed E-state index contributed by atoms with van der Waals surface area (Å²) in [5.74, 6) is 0.715. The van der Waals surface area contributed by atoms with E-state index in [1.54, 1.807) is 12.3 Å². The van der Waals surface area contributed by atoms with Crippen LogP contribution >= 0.6 is 0 Å². The van der Waals surface area contributed by atoms with E-state index in [1.807, 2.05) is 31.3 Å². The molecule has 0 atom stereocenters. The average molecular weight is 272 g/mol. The first kappa shape index (κ1) is 14.3. The predicted octanol–water partition coefficient (Wildman–Crippen LogP) is 2.78.